The smallest absolute Gasteiger partial charge is 0.199 e. The van der Waals surface area contributed by atoms with Gasteiger partial charge >= 0.3 is 0 Å². The van der Waals surface area contributed by atoms with Crippen molar-refractivity contribution in [3.63, 3.8) is 0 Å². The van der Waals surface area contributed by atoms with E-state index in [-0.39, 0.29) is 0 Å². The molecule has 2 aromatic rings. The fourth-order valence-corrected chi connectivity index (χ4v) is 4.06. The van der Waals surface area contributed by atoms with E-state index in [0.717, 1.165) is 21.3 Å². The van der Waals surface area contributed by atoms with Gasteiger partial charge in [-0.3, -0.25) is 0 Å². The molecular formula is C21H18NOS2+. The minimum Gasteiger partial charge on any atom is -0.454 e. The summed E-state index contributed by atoms with van der Waals surface area (Å²) < 4.78 is 8.31. The SMILES string of the molecule is C[N+](C)=C1C=CC(=C2C=C(c3cccs3)OC(c3cccs3)=C2)C=C1. The maximum atomic E-state index is 6.20. The summed E-state index contributed by atoms with van der Waals surface area (Å²) in [5.41, 5.74) is 3.56. The van der Waals surface area contributed by atoms with Crippen molar-refractivity contribution in [1.82, 2.24) is 0 Å². The molecule has 0 saturated carbocycles. The molecule has 0 fully saturated rings. The van der Waals surface area contributed by atoms with Gasteiger partial charge < -0.3 is 4.74 Å². The lowest BCUT2D eigenvalue weighted by atomic mass is 9.99. The monoisotopic (exact) mass is 364 g/mol. The van der Waals surface area contributed by atoms with Crippen molar-refractivity contribution in [2.45, 2.75) is 0 Å². The topological polar surface area (TPSA) is 12.2 Å². The lowest BCUT2D eigenvalue weighted by Crippen LogP contribution is -2.10. The minimum absolute atomic E-state index is 0.910. The Bertz CT molecular complexity index is 891. The Morgan fingerprint density at radius 1 is 0.760 bits per heavy atom. The van der Waals surface area contributed by atoms with E-state index in [1.165, 1.54) is 16.9 Å². The summed E-state index contributed by atoms with van der Waals surface area (Å²) in [7, 11) is 4.11. The molecule has 4 rings (SSSR count). The van der Waals surface area contributed by atoms with Crippen molar-refractivity contribution in [3.8, 4) is 0 Å². The highest BCUT2D eigenvalue weighted by molar-refractivity contribution is 7.11. The zero-order valence-electron chi connectivity index (χ0n) is 14.1. The van der Waals surface area contributed by atoms with Crippen LogP contribution in [0.1, 0.15) is 9.75 Å². The number of nitrogens with zero attached hydrogens (tertiary/aromatic N) is 1. The lowest BCUT2D eigenvalue weighted by Gasteiger charge is -2.18. The van der Waals surface area contributed by atoms with Crippen LogP contribution in [0.4, 0.5) is 0 Å². The first kappa shape index (κ1) is 16.1. The summed E-state index contributed by atoms with van der Waals surface area (Å²) in [5, 5.41) is 4.16. The molecule has 2 aliphatic rings. The third kappa shape index (κ3) is 3.36. The highest BCUT2D eigenvalue weighted by Gasteiger charge is 2.18. The van der Waals surface area contributed by atoms with Gasteiger partial charge in [-0.2, -0.15) is 0 Å². The first-order valence-electron chi connectivity index (χ1n) is 8.04. The average molecular weight is 365 g/mol. The van der Waals surface area contributed by atoms with Gasteiger partial charge in [0, 0.05) is 12.2 Å². The molecule has 1 aliphatic heterocycles. The molecule has 0 N–H and O–H groups in total. The molecule has 3 heterocycles. The van der Waals surface area contributed by atoms with E-state index in [9.17, 15) is 0 Å². The molecule has 124 valence electrons. The Morgan fingerprint density at radius 2 is 1.32 bits per heavy atom. The van der Waals surface area contributed by atoms with Crippen molar-refractivity contribution in [1.29, 1.82) is 0 Å². The third-order valence-corrected chi connectivity index (χ3v) is 5.81. The van der Waals surface area contributed by atoms with Crippen LogP contribution >= 0.6 is 22.7 Å². The molecular weight excluding hydrogens is 346 g/mol. The molecule has 2 aromatic heterocycles. The minimum atomic E-state index is 0.910. The number of allylic oxidation sites excluding steroid dienone is 8. The fourth-order valence-electron chi connectivity index (χ4n) is 2.70. The number of thiophene rings is 2. The zero-order valence-corrected chi connectivity index (χ0v) is 15.7. The van der Waals surface area contributed by atoms with E-state index in [2.05, 4.69) is 90.2 Å². The molecule has 2 nitrogen and oxygen atoms in total. The van der Waals surface area contributed by atoms with E-state index >= 15 is 0 Å². The van der Waals surface area contributed by atoms with Crippen LogP contribution in [0.25, 0.3) is 11.5 Å². The van der Waals surface area contributed by atoms with E-state index in [0.29, 0.717) is 0 Å². The largest absolute Gasteiger partial charge is 0.454 e. The molecule has 0 amide bonds. The standard InChI is InChI=1S/C21H18NOS2/c1-22(2)17-9-7-15(8-10-17)16-13-18(20-5-3-11-24-20)23-19(14-16)21-6-4-12-25-21/h3-14H,1-2H3/q+1. The average Bonchev–Trinajstić information content (AvgIpc) is 3.35. The number of hydrogen-bond donors (Lipinski definition) is 0. The first-order valence-corrected chi connectivity index (χ1v) is 9.80. The summed E-state index contributed by atoms with van der Waals surface area (Å²) in [6, 6.07) is 8.30. The van der Waals surface area contributed by atoms with E-state index in [1.807, 2.05) is 0 Å². The molecule has 0 atom stereocenters. The normalized spacial score (nSPS) is 16.6. The van der Waals surface area contributed by atoms with Gasteiger partial charge in [0.25, 0.3) is 0 Å². The van der Waals surface area contributed by atoms with Gasteiger partial charge in [0.1, 0.15) is 25.6 Å². The molecule has 4 heteroatoms. The van der Waals surface area contributed by atoms with Crippen LogP contribution in [-0.2, 0) is 4.74 Å². The van der Waals surface area contributed by atoms with Crippen LogP contribution < -0.4 is 0 Å². The van der Waals surface area contributed by atoms with Crippen LogP contribution in [0.2, 0.25) is 0 Å². The summed E-state index contributed by atoms with van der Waals surface area (Å²) in [5.74, 6) is 1.82. The van der Waals surface area contributed by atoms with Crippen molar-refractivity contribution in [3.05, 3.63) is 92.4 Å². The van der Waals surface area contributed by atoms with Crippen LogP contribution in [0.3, 0.4) is 0 Å². The van der Waals surface area contributed by atoms with Crippen molar-refractivity contribution < 1.29 is 9.31 Å². The van der Waals surface area contributed by atoms with Crippen LogP contribution in [0.5, 0.6) is 0 Å². The van der Waals surface area contributed by atoms with Gasteiger partial charge in [0.15, 0.2) is 5.71 Å². The van der Waals surface area contributed by atoms with Gasteiger partial charge in [0.05, 0.1) is 9.75 Å². The molecule has 25 heavy (non-hydrogen) atoms. The molecule has 0 unspecified atom stereocenters. The molecule has 0 aromatic carbocycles. The predicted octanol–water partition coefficient (Wildman–Crippen LogP) is 5.36. The maximum Gasteiger partial charge on any atom is 0.199 e. The molecule has 0 bridgehead atoms. The molecule has 0 radical (unpaired) electrons. The lowest BCUT2D eigenvalue weighted by molar-refractivity contribution is -0.462. The van der Waals surface area contributed by atoms with Gasteiger partial charge in [-0.25, -0.2) is 4.58 Å². The summed E-state index contributed by atoms with van der Waals surface area (Å²) in [4.78, 5) is 2.29. The third-order valence-electron chi connectivity index (χ3n) is 4.04. The second-order valence-electron chi connectivity index (χ2n) is 5.97. The highest BCUT2D eigenvalue weighted by Crippen LogP contribution is 2.36. The second kappa shape index (κ2) is 6.82. The van der Waals surface area contributed by atoms with Crippen molar-refractivity contribution in [2.75, 3.05) is 14.1 Å². The Morgan fingerprint density at radius 3 is 1.76 bits per heavy atom. The van der Waals surface area contributed by atoms with Crippen molar-refractivity contribution >= 4 is 39.9 Å². The molecule has 0 saturated heterocycles. The molecule has 1 aliphatic carbocycles. The summed E-state index contributed by atoms with van der Waals surface area (Å²) in [6.45, 7) is 0. The van der Waals surface area contributed by atoms with Gasteiger partial charge in [-0.15, -0.1) is 22.7 Å². The Balaban J connectivity index is 1.80. The van der Waals surface area contributed by atoms with Crippen LogP contribution in [0.15, 0.2) is 82.6 Å². The van der Waals surface area contributed by atoms with Crippen LogP contribution in [-0.4, -0.2) is 24.4 Å². The Labute approximate surface area is 155 Å². The van der Waals surface area contributed by atoms with Crippen molar-refractivity contribution in [2.24, 2.45) is 0 Å². The number of rotatable bonds is 2. The van der Waals surface area contributed by atoms with Gasteiger partial charge in [0.2, 0.25) is 0 Å². The second-order valence-corrected chi connectivity index (χ2v) is 7.87. The quantitative estimate of drug-likeness (QED) is 0.654. The number of ether oxygens (including phenoxy) is 1. The van der Waals surface area contributed by atoms with Crippen LogP contribution in [0, 0.1) is 0 Å². The first-order chi connectivity index (χ1) is 12.2. The molecule has 0 spiro atoms. The predicted molar refractivity (Wildman–Crippen MR) is 108 cm³/mol. The van der Waals surface area contributed by atoms with Gasteiger partial charge in [-0.1, -0.05) is 12.1 Å². The van der Waals surface area contributed by atoms with E-state index in [4.69, 9.17) is 4.74 Å². The van der Waals surface area contributed by atoms with E-state index in [1.54, 1.807) is 22.7 Å². The Hall–Kier alpha value is -2.43. The zero-order chi connectivity index (χ0) is 17.2. The highest BCUT2D eigenvalue weighted by atomic mass is 32.1. The maximum absolute atomic E-state index is 6.20. The Kier molecular flexibility index (Phi) is 4.38. The fraction of sp³-hybridized carbons (Fsp3) is 0.0952. The number of hydrogen-bond acceptors (Lipinski definition) is 3. The summed E-state index contributed by atoms with van der Waals surface area (Å²) in [6.07, 6.45) is 12.9. The summed E-state index contributed by atoms with van der Waals surface area (Å²) >= 11 is 3.39. The van der Waals surface area contributed by atoms with E-state index < -0.39 is 0 Å². The van der Waals surface area contributed by atoms with Gasteiger partial charge in [-0.05, 0) is 58.3 Å².